The Morgan fingerprint density at radius 1 is 1.10 bits per heavy atom. The summed E-state index contributed by atoms with van der Waals surface area (Å²) in [7, 11) is 1.50. The summed E-state index contributed by atoms with van der Waals surface area (Å²) in [5.74, 6) is 1.52. The molecular formula is C23H21N5O2. The molecule has 3 aromatic carbocycles. The number of para-hydroxylation sites is 2. The highest BCUT2D eigenvalue weighted by Gasteiger charge is 2.10. The van der Waals surface area contributed by atoms with Crippen LogP contribution in [-0.4, -0.2) is 34.2 Å². The van der Waals surface area contributed by atoms with Gasteiger partial charge in [0.15, 0.2) is 23.2 Å². The van der Waals surface area contributed by atoms with E-state index in [4.69, 9.17) is 4.74 Å². The SMILES string of the molecule is COc1cc(C=NNC(=Nc2ccc(C)cc2)c2nc3ccccc3[nH]2)ccc1O. The van der Waals surface area contributed by atoms with Crippen LogP contribution < -0.4 is 10.2 Å². The number of phenols is 1. The van der Waals surface area contributed by atoms with Crippen molar-refractivity contribution in [1.82, 2.24) is 15.4 Å². The Kier molecular flexibility index (Phi) is 5.43. The smallest absolute Gasteiger partial charge is 0.190 e. The molecule has 0 aliphatic heterocycles. The fraction of sp³-hybridized carbons (Fsp3) is 0.0870. The Morgan fingerprint density at radius 3 is 2.67 bits per heavy atom. The molecule has 4 rings (SSSR count). The van der Waals surface area contributed by atoms with Gasteiger partial charge in [-0.1, -0.05) is 29.8 Å². The van der Waals surface area contributed by atoms with Crippen molar-refractivity contribution in [3.8, 4) is 11.5 Å². The van der Waals surface area contributed by atoms with Gasteiger partial charge in [0.2, 0.25) is 0 Å². The minimum Gasteiger partial charge on any atom is -0.504 e. The van der Waals surface area contributed by atoms with E-state index in [1.54, 1.807) is 24.4 Å². The number of aliphatic imine (C=N–C) groups is 1. The fourth-order valence-electron chi connectivity index (χ4n) is 2.89. The second-order valence-electron chi connectivity index (χ2n) is 6.70. The van der Waals surface area contributed by atoms with Gasteiger partial charge < -0.3 is 14.8 Å². The van der Waals surface area contributed by atoms with E-state index in [1.165, 1.54) is 7.11 Å². The molecule has 7 nitrogen and oxygen atoms in total. The van der Waals surface area contributed by atoms with Gasteiger partial charge in [-0.05, 0) is 55.0 Å². The van der Waals surface area contributed by atoms with E-state index >= 15 is 0 Å². The van der Waals surface area contributed by atoms with Crippen LogP contribution in [0.3, 0.4) is 0 Å². The number of aryl methyl sites for hydroxylation is 1. The highest BCUT2D eigenvalue weighted by Crippen LogP contribution is 2.25. The Morgan fingerprint density at radius 2 is 1.90 bits per heavy atom. The summed E-state index contributed by atoms with van der Waals surface area (Å²) >= 11 is 0. The number of phenolic OH excluding ortho intramolecular Hbond substituents is 1. The molecule has 30 heavy (non-hydrogen) atoms. The second-order valence-corrected chi connectivity index (χ2v) is 6.70. The number of amidine groups is 1. The van der Waals surface area contributed by atoms with Gasteiger partial charge in [-0.3, -0.25) is 5.43 Å². The van der Waals surface area contributed by atoms with Crippen molar-refractivity contribution in [3.63, 3.8) is 0 Å². The van der Waals surface area contributed by atoms with Gasteiger partial charge in [-0.25, -0.2) is 9.98 Å². The average Bonchev–Trinajstić information content (AvgIpc) is 3.20. The van der Waals surface area contributed by atoms with E-state index in [-0.39, 0.29) is 5.75 Å². The number of fused-ring (bicyclic) bond motifs is 1. The number of H-pyrrole nitrogens is 1. The first-order valence-corrected chi connectivity index (χ1v) is 9.39. The number of nitrogens with one attached hydrogen (secondary N) is 2. The van der Waals surface area contributed by atoms with Crippen LogP contribution in [0.4, 0.5) is 5.69 Å². The predicted molar refractivity (Wildman–Crippen MR) is 119 cm³/mol. The van der Waals surface area contributed by atoms with Gasteiger partial charge in [0.25, 0.3) is 0 Å². The number of imidazole rings is 1. The van der Waals surface area contributed by atoms with Crippen molar-refractivity contribution in [2.24, 2.45) is 10.1 Å². The number of aromatic hydroxyl groups is 1. The van der Waals surface area contributed by atoms with Gasteiger partial charge in [0, 0.05) is 0 Å². The molecule has 0 atom stereocenters. The molecule has 1 heterocycles. The zero-order valence-electron chi connectivity index (χ0n) is 16.6. The van der Waals surface area contributed by atoms with Crippen molar-refractivity contribution in [3.05, 3.63) is 83.7 Å². The zero-order chi connectivity index (χ0) is 20.9. The fourth-order valence-corrected chi connectivity index (χ4v) is 2.89. The molecule has 0 fully saturated rings. The number of benzene rings is 3. The number of hydrazone groups is 1. The van der Waals surface area contributed by atoms with E-state index in [2.05, 4.69) is 25.5 Å². The first-order chi connectivity index (χ1) is 14.6. The number of methoxy groups -OCH3 is 1. The molecule has 0 aliphatic carbocycles. The molecule has 4 aromatic rings. The maximum absolute atomic E-state index is 9.73. The maximum Gasteiger partial charge on any atom is 0.190 e. The molecule has 0 saturated heterocycles. The second kappa shape index (κ2) is 8.48. The summed E-state index contributed by atoms with van der Waals surface area (Å²) < 4.78 is 5.13. The molecule has 150 valence electrons. The number of hydrogen-bond donors (Lipinski definition) is 3. The molecular weight excluding hydrogens is 378 g/mol. The molecule has 0 amide bonds. The molecule has 0 radical (unpaired) electrons. The van der Waals surface area contributed by atoms with E-state index < -0.39 is 0 Å². The van der Waals surface area contributed by atoms with Crippen LogP contribution in [-0.2, 0) is 0 Å². The normalized spacial score (nSPS) is 11.9. The molecule has 0 saturated carbocycles. The lowest BCUT2D eigenvalue weighted by Gasteiger charge is -2.05. The number of aromatic amines is 1. The van der Waals surface area contributed by atoms with Gasteiger partial charge >= 0.3 is 0 Å². The van der Waals surface area contributed by atoms with Crippen molar-refractivity contribution >= 4 is 28.8 Å². The molecule has 1 aromatic heterocycles. The number of hydrogen-bond acceptors (Lipinski definition) is 5. The minimum absolute atomic E-state index is 0.0755. The number of aromatic nitrogens is 2. The molecule has 3 N–H and O–H groups in total. The quantitative estimate of drug-likeness (QED) is 0.265. The van der Waals surface area contributed by atoms with E-state index in [0.29, 0.717) is 17.4 Å². The van der Waals surface area contributed by atoms with Gasteiger partial charge in [-0.2, -0.15) is 5.10 Å². The first kappa shape index (κ1) is 19.2. The van der Waals surface area contributed by atoms with E-state index in [9.17, 15) is 5.11 Å². The van der Waals surface area contributed by atoms with E-state index in [0.717, 1.165) is 27.8 Å². The van der Waals surface area contributed by atoms with Crippen molar-refractivity contribution in [1.29, 1.82) is 0 Å². The summed E-state index contributed by atoms with van der Waals surface area (Å²) in [6.45, 7) is 2.03. The van der Waals surface area contributed by atoms with Crippen LogP contribution in [0.5, 0.6) is 11.5 Å². The Labute approximate surface area is 173 Å². The summed E-state index contributed by atoms with van der Waals surface area (Å²) in [5.41, 5.74) is 7.45. The average molecular weight is 399 g/mol. The van der Waals surface area contributed by atoms with Gasteiger partial charge in [-0.15, -0.1) is 0 Å². The summed E-state index contributed by atoms with van der Waals surface area (Å²) in [6, 6.07) is 20.6. The summed E-state index contributed by atoms with van der Waals surface area (Å²) in [5, 5.41) is 14.0. The van der Waals surface area contributed by atoms with Crippen molar-refractivity contribution in [2.75, 3.05) is 7.11 Å². The van der Waals surface area contributed by atoms with Crippen molar-refractivity contribution < 1.29 is 9.84 Å². The summed E-state index contributed by atoms with van der Waals surface area (Å²) in [4.78, 5) is 12.6. The lowest BCUT2D eigenvalue weighted by molar-refractivity contribution is 0.373. The highest BCUT2D eigenvalue weighted by molar-refractivity contribution is 6.00. The Balaban J connectivity index is 1.65. The van der Waals surface area contributed by atoms with Gasteiger partial charge in [0.1, 0.15) is 0 Å². The lowest BCUT2D eigenvalue weighted by atomic mass is 10.2. The third-order valence-electron chi connectivity index (χ3n) is 4.48. The third kappa shape index (κ3) is 4.30. The van der Waals surface area contributed by atoms with Gasteiger partial charge in [0.05, 0.1) is 30.0 Å². The first-order valence-electron chi connectivity index (χ1n) is 9.39. The predicted octanol–water partition coefficient (Wildman–Crippen LogP) is 4.29. The zero-order valence-corrected chi connectivity index (χ0v) is 16.6. The Hall–Kier alpha value is -4.13. The Bertz CT molecular complexity index is 1190. The van der Waals surface area contributed by atoms with Crippen LogP contribution in [0.15, 0.2) is 76.8 Å². The van der Waals surface area contributed by atoms with Crippen LogP contribution in [0, 0.1) is 6.92 Å². The molecule has 7 heteroatoms. The highest BCUT2D eigenvalue weighted by atomic mass is 16.5. The molecule has 0 unspecified atom stereocenters. The van der Waals surface area contributed by atoms with Crippen LogP contribution in [0.1, 0.15) is 17.0 Å². The largest absolute Gasteiger partial charge is 0.504 e. The number of rotatable bonds is 5. The summed E-state index contributed by atoms with van der Waals surface area (Å²) in [6.07, 6.45) is 1.62. The van der Waals surface area contributed by atoms with Crippen LogP contribution in [0.2, 0.25) is 0 Å². The molecule has 0 spiro atoms. The lowest BCUT2D eigenvalue weighted by Crippen LogP contribution is -2.20. The maximum atomic E-state index is 9.73. The molecule has 0 bridgehead atoms. The third-order valence-corrected chi connectivity index (χ3v) is 4.48. The molecule has 0 aliphatic rings. The standard InChI is InChI=1S/C23H21N5O2/c1-15-7-10-17(11-8-15)25-23(22-26-18-5-3-4-6-19(18)27-22)28-24-14-16-9-12-20(29)21(13-16)30-2/h3-14,29H,1-2H3,(H,25,28)(H,26,27). The van der Waals surface area contributed by atoms with Crippen molar-refractivity contribution in [2.45, 2.75) is 6.92 Å². The minimum atomic E-state index is 0.0755. The number of ether oxygens (including phenoxy) is 1. The van der Waals surface area contributed by atoms with E-state index in [1.807, 2.05) is 55.5 Å². The van der Waals surface area contributed by atoms with Crippen LogP contribution in [0.25, 0.3) is 11.0 Å². The van der Waals surface area contributed by atoms with Crippen LogP contribution >= 0.6 is 0 Å². The topological polar surface area (TPSA) is 94.9 Å². The number of nitrogens with zero attached hydrogens (tertiary/aromatic N) is 3. The monoisotopic (exact) mass is 399 g/mol.